The highest BCUT2D eigenvalue weighted by atomic mass is 32.1. The first-order valence-electron chi connectivity index (χ1n) is 6.35. The number of carbonyl (C=O) groups is 1. The van der Waals surface area contributed by atoms with E-state index in [-0.39, 0.29) is 24.4 Å². The summed E-state index contributed by atoms with van der Waals surface area (Å²) in [5, 5.41) is 9.16. The van der Waals surface area contributed by atoms with Gasteiger partial charge in [0.15, 0.2) is 5.82 Å². The molecule has 0 unspecified atom stereocenters. The van der Waals surface area contributed by atoms with E-state index >= 15 is 0 Å². The molecule has 0 saturated carbocycles. The van der Waals surface area contributed by atoms with E-state index in [1.54, 1.807) is 30.1 Å². The zero-order chi connectivity index (χ0) is 14.8. The highest BCUT2D eigenvalue weighted by Crippen LogP contribution is 2.13. The molecular weight excluding hydrogens is 290 g/mol. The van der Waals surface area contributed by atoms with Crippen molar-refractivity contribution in [2.24, 2.45) is 7.05 Å². The molecule has 0 fully saturated rings. The molecule has 0 atom stereocenters. The second-order valence-corrected chi connectivity index (χ2v) is 5.45. The molecule has 3 heterocycles. The molecule has 3 rings (SSSR count). The lowest BCUT2D eigenvalue weighted by Gasteiger charge is -2.05. The van der Waals surface area contributed by atoms with E-state index in [1.807, 2.05) is 5.38 Å². The van der Waals surface area contributed by atoms with Crippen LogP contribution in [0.15, 0.2) is 34.8 Å². The maximum Gasteiger partial charge on any atom is 0.262 e. The fraction of sp³-hybridized carbons (Fsp3) is 0.231. The van der Waals surface area contributed by atoms with Gasteiger partial charge in [-0.25, -0.2) is 4.98 Å². The van der Waals surface area contributed by atoms with Crippen molar-refractivity contribution in [3.05, 3.63) is 40.4 Å². The number of carbonyl (C=O) groups excluding carboxylic acids is 1. The first-order valence-corrected chi connectivity index (χ1v) is 7.23. The first-order chi connectivity index (χ1) is 10.1. The third kappa shape index (κ3) is 2.84. The molecule has 21 heavy (non-hydrogen) atoms. The van der Waals surface area contributed by atoms with Crippen LogP contribution in [-0.2, 0) is 18.4 Å². The Hall–Kier alpha value is -2.48. The van der Waals surface area contributed by atoms with Crippen LogP contribution >= 0.6 is 11.3 Å². The Morgan fingerprint density at radius 2 is 2.29 bits per heavy atom. The summed E-state index contributed by atoms with van der Waals surface area (Å²) in [5.41, 5.74) is -0.119. The largest absolute Gasteiger partial charge is 0.309 e. The topological polar surface area (TPSA) is 81.8 Å². The minimum atomic E-state index is -0.189. The molecule has 0 spiro atoms. The molecule has 1 N–H and O–H groups in total. The van der Waals surface area contributed by atoms with Crippen LogP contribution in [0, 0.1) is 0 Å². The number of rotatable bonds is 4. The number of aromatic nitrogens is 4. The van der Waals surface area contributed by atoms with Gasteiger partial charge in [-0.2, -0.15) is 5.10 Å². The summed E-state index contributed by atoms with van der Waals surface area (Å²) >= 11 is 1.42. The Kier molecular flexibility index (Phi) is 3.53. The molecule has 0 aliphatic heterocycles. The molecular formula is C13H13N5O2S. The van der Waals surface area contributed by atoms with Gasteiger partial charge in [0.2, 0.25) is 5.91 Å². The number of fused-ring (bicyclic) bond motifs is 1. The normalized spacial score (nSPS) is 10.9. The fourth-order valence-corrected chi connectivity index (χ4v) is 2.69. The summed E-state index contributed by atoms with van der Waals surface area (Å²) in [6, 6.07) is 3.46. The SMILES string of the molecule is Cn1ccc(NC(=O)CCn2cnc3sccc3c2=O)n1. The van der Waals surface area contributed by atoms with Gasteiger partial charge in [0.05, 0.1) is 11.7 Å². The van der Waals surface area contributed by atoms with Crippen molar-refractivity contribution < 1.29 is 4.79 Å². The van der Waals surface area contributed by atoms with E-state index in [0.29, 0.717) is 16.0 Å². The van der Waals surface area contributed by atoms with Gasteiger partial charge in [0.1, 0.15) is 4.83 Å². The number of hydrogen-bond donors (Lipinski definition) is 1. The molecule has 0 aromatic carbocycles. The summed E-state index contributed by atoms with van der Waals surface area (Å²) in [4.78, 5) is 28.9. The molecule has 0 aliphatic rings. The summed E-state index contributed by atoms with van der Waals surface area (Å²) in [7, 11) is 1.77. The van der Waals surface area contributed by atoms with E-state index in [0.717, 1.165) is 0 Å². The van der Waals surface area contributed by atoms with Crippen LogP contribution in [0.4, 0.5) is 5.82 Å². The van der Waals surface area contributed by atoms with Gasteiger partial charge in [-0.05, 0) is 11.4 Å². The van der Waals surface area contributed by atoms with Crippen molar-refractivity contribution >= 4 is 33.3 Å². The third-order valence-electron chi connectivity index (χ3n) is 3.01. The predicted molar refractivity (Wildman–Crippen MR) is 80.3 cm³/mol. The molecule has 8 heteroatoms. The Bertz CT molecular complexity index is 847. The average Bonchev–Trinajstić information content (AvgIpc) is 3.07. The second-order valence-electron chi connectivity index (χ2n) is 4.56. The number of anilines is 1. The van der Waals surface area contributed by atoms with E-state index in [2.05, 4.69) is 15.4 Å². The Labute approximate surface area is 123 Å². The number of nitrogens with one attached hydrogen (secondary N) is 1. The molecule has 3 aromatic heterocycles. The van der Waals surface area contributed by atoms with Crippen LogP contribution in [0.1, 0.15) is 6.42 Å². The number of hydrogen-bond acceptors (Lipinski definition) is 5. The van der Waals surface area contributed by atoms with E-state index < -0.39 is 0 Å². The van der Waals surface area contributed by atoms with Gasteiger partial charge < -0.3 is 5.32 Å². The zero-order valence-corrected chi connectivity index (χ0v) is 12.1. The summed E-state index contributed by atoms with van der Waals surface area (Å²) < 4.78 is 3.06. The van der Waals surface area contributed by atoms with Crippen LogP contribution < -0.4 is 10.9 Å². The van der Waals surface area contributed by atoms with Gasteiger partial charge in [-0.15, -0.1) is 11.3 Å². The Morgan fingerprint density at radius 1 is 1.43 bits per heavy atom. The first kappa shape index (κ1) is 13.5. The van der Waals surface area contributed by atoms with Crippen molar-refractivity contribution in [2.75, 3.05) is 5.32 Å². The smallest absolute Gasteiger partial charge is 0.262 e. The summed E-state index contributed by atoms with van der Waals surface area (Å²) in [5.74, 6) is 0.312. The lowest BCUT2D eigenvalue weighted by molar-refractivity contribution is -0.116. The maximum atomic E-state index is 12.1. The van der Waals surface area contributed by atoms with E-state index in [4.69, 9.17) is 0 Å². The van der Waals surface area contributed by atoms with Crippen LogP contribution in [0.25, 0.3) is 10.2 Å². The summed E-state index contributed by atoms with van der Waals surface area (Å²) in [6.07, 6.45) is 3.41. The van der Waals surface area contributed by atoms with Gasteiger partial charge in [-0.3, -0.25) is 18.8 Å². The monoisotopic (exact) mass is 303 g/mol. The van der Waals surface area contributed by atoms with Gasteiger partial charge >= 0.3 is 0 Å². The summed E-state index contributed by atoms with van der Waals surface area (Å²) in [6.45, 7) is 0.288. The molecule has 3 aromatic rings. The number of thiophene rings is 1. The van der Waals surface area contributed by atoms with Crippen LogP contribution in [0.3, 0.4) is 0 Å². The van der Waals surface area contributed by atoms with Gasteiger partial charge in [0, 0.05) is 32.3 Å². The number of amides is 1. The predicted octanol–water partition coefficient (Wildman–Crippen LogP) is 1.22. The Morgan fingerprint density at radius 3 is 3.05 bits per heavy atom. The highest BCUT2D eigenvalue weighted by Gasteiger charge is 2.08. The molecule has 108 valence electrons. The molecule has 0 saturated heterocycles. The fourth-order valence-electron chi connectivity index (χ4n) is 1.96. The third-order valence-corrected chi connectivity index (χ3v) is 3.83. The Balaban J connectivity index is 1.67. The average molecular weight is 303 g/mol. The molecule has 0 bridgehead atoms. The van der Waals surface area contributed by atoms with Gasteiger partial charge in [0.25, 0.3) is 5.56 Å². The zero-order valence-electron chi connectivity index (χ0n) is 11.3. The standard InChI is InChI=1S/C13H13N5O2S/c1-17-5-2-10(16-17)15-11(19)3-6-18-8-14-12-9(13(18)20)4-7-21-12/h2,4-5,7-8H,3,6H2,1H3,(H,15,16,19). The van der Waals surface area contributed by atoms with Crippen LogP contribution in [0.2, 0.25) is 0 Å². The van der Waals surface area contributed by atoms with Crippen molar-refractivity contribution in [2.45, 2.75) is 13.0 Å². The molecule has 1 amide bonds. The lowest BCUT2D eigenvalue weighted by Crippen LogP contribution is -2.23. The molecule has 0 radical (unpaired) electrons. The molecule has 7 nitrogen and oxygen atoms in total. The van der Waals surface area contributed by atoms with Crippen molar-refractivity contribution in [1.82, 2.24) is 19.3 Å². The second kappa shape index (κ2) is 5.49. The quantitative estimate of drug-likeness (QED) is 0.785. The van der Waals surface area contributed by atoms with Crippen molar-refractivity contribution in [3.63, 3.8) is 0 Å². The number of aryl methyl sites for hydroxylation is 2. The lowest BCUT2D eigenvalue weighted by atomic mass is 10.3. The minimum Gasteiger partial charge on any atom is -0.309 e. The van der Waals surface area contributed by atoms with Crippen LogP contribution in [-0.4, -0.2) is 25.2 Å². The van der Waals surface area contributed by atoms with Crippen LogP contribution in [0.5, 0.6) is 0 Å². The minimum absolute atomic E-state index is 0.119. The van der Waals surface area contributed by atoms with Crippen molar-refractivity contribution in [1.29, 1.82) is 0 Å². The van der Waals surface area contributed by atoms with Crippen molar-refractivity contribution in [3.8, 4) is 0 Å². The van der Waals surface area contributed by atoms with E-state index in [1.165, 1.54) is 22.2 Å². The maximum absolute atomic E-state index is 12.1. The number of nitrogens with zero attached hydrogens (tertiary/aromatic N) is 4. The highest BCUT2D eigenvalue weighted by molar-refractivity contribution is 7.16. The molecule has 0 aliphatic carbocycles. The van der Waals surface area contributed by atoms with Gasteiger partial charge in [-0.1, -0.05) is 0 Å². The van der Waals surface area contributed by atoms with E-state index in [9.17, 15) is 9.59 Å².